The van der Waals surface area contributed by atoms with Crippen molar-refractivity contribution in [2.45, 2.75) is 13.8 Å². The molecular formula is C10H14Ca. The predicted octanol–water partition coefficient (Wildman–Crippen LogP) is 2.58. The molecule has 0 nitrogen and oxygen atoms in total. The molecule has 1 aromatic rings. The van der Waals surface area contributed by atoms with E-state index in [9.17, 15) is 0 Å². The molecule has 0 aromatic heterocycles. The fourth-order valence-electron chi connectivity index (χ4n) is 0.342. The van der Waals surface area contributed by atoms with E-state index >= 15 is 0 Å². The molecule has 11 heavy (non-hydrogen) atoms. The summed E-state index contributed by atoms with van der Waals surface area (Å²) in [5.41, 5.74) is 0. The van der Waals surface area contributed by atoms with E-state index < -0.39 is 0 Å². The van der Waals surface area contributed by atoms with Gasteiger partial charge in [0, 0.05) is 0 Å². The molecule has 0 radical (unpaired) electrons. The number of benzene rings is 1. The van der Waals surface area contributed by atoms with Crippen LogP contribution in [0.15, 0.2) is 30.3 Å². The van der Waals surface area contributed by atoms with Crippen LogP contribution in [0, 0.1) is 18.9 Å². The molecule has 0 amide bonds. The fraction of sp³-hybridized carbons (Fsp3) is 0.300. The van der Waals surface area contributed by atoms with Gasteiger partial charge in [-0.1, -0.05) is 13.8 Å². The van der Waals surface area contributed by atoms with Crippen LogP contribution in [0.4, 0.5) is 0 Å². The van der Waals surface area contributed by atoms with Crippen molar-refractivity contribution < 1.29 is 0 Å². The molecule has 0 fully saturated rings. The molecule has 0 bridgehead atoms. The van der Waals surface area contributed by atoms with Gasteiger partial charge in [-0.05, 0) is 0 Å². The van der Waals surface area contributed by atoms with E-state index in [1.54, 1.807) is 0 Å². The van der Waals surface area contributed by atoms with Crippen molar-refractivity contribution in [3.8, 4) is 0 Å². The molecule has 0 saturated carbocycles. The maximum absolute atomic E-state index is 3.64. The summed E-state index contributed by atoms with van der Waals surface area (Å²) in [6, 6.07) is 12.5. The Morgan fingerprint density at radius 2 is 1.45 bits per heavy atom. The van der Waals surface area contributed by atoms with Crippen molar-refractivity contribution in [2.75, 3.05) is 0 Å². The van der Waals surface area contributed by atoms with Crippen LogP contribution in [-0.4, -0.2) is 37.7 Å². The molecule has 0 aliphatic rings. The second-order valence-electron chi connectivity index (χ2n) is 2.47. The van der Waals surface area contributed by atoms with Crippen LogP contribution < -0.4 is 0 Å². The Kier molecular flexibility index (Phi) is 13.4. The third kappa shape index (κ3) is 17.9. The molecule has 56 valence electrons. The van der Waals surface area contributed by atoms with Gasteiger partial charge in [0.1, 0.15) is 0 Å². The molecule has 0 heterocycles. The summed E-state index contributed by atoms with van der Waals surface area (Å²) in [6.45, 7) is 7.75. The van der Waals surface area contributed by atoms with Crippen LogP contribution in [0.3, 0.4) is 0 Å². The molecule has 0 unspecified atom stereocenters. The molecule has 1 heteroatoms. The Balaban J connectivity index is 0. The first-order valence-electron chi connectivity index (χ1n) is 3.47. The predicted molar refractivity (Wildman–Crippen MR) is 51.2 cm³/mol. The smallest absolute Gasteiger partial charge is 0.341 e. The number of hydrogen-bond donors (Lipinski definition) is 0. The summed E-state index contributed by atoms with van der Waals surface area (Å²) in [6.07, 6.45) is 0. The zero-order valence-corrected chi connectivity index (χ0v) is 9.59. The van der Waals surface area contributed by atoms with Gasteiger partial charge in [0.2, 0.25) is 0 Å². The first-order chi connectivity index (χ1) is 4.73. The van der Waals surface area contributed by atoms with Crippen molar-refractivity contribution in [1.82, 2.24) is 0 Å². The first kappa shape index (κ1) is 14.0. The van der Waals surface area contributed by atoms with E-state index in [1.165, 1.54) is 0 Å². The Bertz CT molecular complexity index is 105. The van der Waals surface area contributed by atoms with E-state index in [0.29, 0.717) is 5.92 Å². The largest absolute Gasteiger partial charge is 2.00 e. The zero-order valence-electron chi connectivity index (χ0n) is 7.38. The molecule has 1 rings (SSSR count). The minimum Gasteiger partial charge on any atom is -0.341 e. The Morgan fingerprint density at radius 1 is 1.09 bits per heavy atom. The van der Waals surface area contributed by atoms with E-state index in [1.807, 2.05) is 30.3 Å². The molecular weight excluding hydrogens is 160 g/mol. The summed E-state index contributed by atoms with van der Waals surface area (Å²) in [7, 11) is 0. The molecule has 0 N–H and O–H groups in total. The van der Waals surface area contributed by atoms with Crippen LogP contribution in [0.5, 0.6) is 0 Å². The Morgan fingerprint density at radius 3 is 1.55 bits per heavy atom. The van der Waals surface area contributed by atoms with Gasteiger partial charge in [-0.15, -0.1) is 0 Å². The molecule has 0 atom stereocenters. The SMILES string of the molecule is [CH2-]C(C)C.[Ca+2].[c-]1ccccc1. The summed E-state index contributed by atoms with van der Waals surface area (Å²) in [5, 5.41) is 0. The van der Waals surface area contributed by atoms with E-state index in [4.69, 9.17) is 0 Å². The van der Waals surface area contributed by atoms with Crippen molar-refractivity contribution in [3.63, 3.8) is 0 Å². The fourth-order valence-corrected chi connectivity index (χ4v) is 0.342. The van der Waals surface area contributed by atoms with E-state index in [-0.39, 0.29) is 37.7 Å². The van der Waals surface area contributed by atoms with Crippen LogP contribution in [0.25, 0.3) is 0 Å². The summed E-state index contributed by atoms with van der Waals surface area (Å²) >= 11 is 0. The standard InChI is InChI=1S/C6H5.C4H9.Ca/c1-2-4-6-5-3-1;1-4(2)3;/h1-5H;4H,1H2,2-3H3;/q2*-1;+2. The summed E-state index contributed by atoms with van der Waals surface area (Å²) < 4.78 is 0. The van der Waals surface area contributed by atoms with Gasteiger partial charge in [0.15, 0.2) is 0 Å². The van der Waals surface area contributed by atoms with Crippen molar-refractivity contribution in [2.24, 2.45) is 5.92 Å². The molecule has 0 spiro atoms. The minimum atomic E-state index is 0. The van der Waals surface area contributed by atoms with Gasteiger partial charge in [-0.25, -0.2) is 0 Å². The van der Waals surface area contributed by atoms with Gasteiger partial charge in [-0.2, -0.15) is 42.3 Å². The summed E-state index contributed by atoms with van der Waals surface area (Å²) in [4.78, 5) is 0. The van der Waals surface area contributed by atoms with Gasteiger partial charge in [0.05, 0.1) is 0 Å². The Hall–Kier alpha value is 0.480. The van der Waals surface area contributed by atoms with Gasteiger partial charge >= 0.3 is 37.7 Å². The Labute approximate surface area is 100 Å². The van der Waals surface area contributed by atoms with Crippen molar-refractivity contribution >= 4 is 37.7 Å². The van der Waals surface area contributed by atoms with Crippen molar-refractivity contribution in [1.29, 1.82) is 0 Å². The average Bonchev–Trinajstić information content (AvgIpc) is 1.90. The molecule has 0 aliphatic carbocycles. The maximum atomic E-state index is 3.64. The second kappa shape index (κ2) is 10.5. The second-order valence-corrected chi connectivity index (χ2v) is 2.47. The summed E-state index contributed by atoms with van der Waals surface area (Å²) in [5.74, 6) is 0.583. The molecule has 0 aliphatic heterocycles. The first-order valence-corrected chi connectivity index (χ1v) is 3.47. The van der Waals surface area contributed by atoms with Crippen LogP contribution in [-0.2, 0) is 0 Å². The molecule has 0 saturated heterocycles. The van der Waals surface area contributed by atoms with Gasteiger partial charge in [0.25, 0.3) is 0 Å². The normalized spacial score (nSPS) is 7.64. The third-order valence-electron chi connectivity index (χ3n) is 0.607. The maximum Gasteiger partial charge on any atom is 2.00 e. The number of hydrogen-bond acceptors (Lipinski definition) is 0. The minimum absolute atomic E-state index is 0. The van der Waals surface area contributed by atoms with E-state index in [2.05, 4.69) is 26.8 Å². The van der Waals surface area contributed by atoms with E-state index in [0.717, 1.165) is 0 Å². The topological polar surface area (TPSA) is 0 Å². The van der Waals surface area contributed by atoms with Gasteiger partial charge in [-0.3, -0.25) is 0 Å². The van der Waals surface area contributed by atoms with Crippen molar-refractivity contribution in [3.05, 3.63) is 43.3 Å². The number of rotatable bonds is 0. The van der Waals surface area contributed by atoms with Crippen LogP contribution in [0.2, 0.25) is 0 Å². The van der Waals surface area contributed by atoms with Crippen LogP contribution in [0.1, 0.15) is 13.8 Å². The zero-order chi connectivity index (χ0) is 7.82. The molecule has 1 aromatic carbocycles. The van der Waals surface area contributed by atoms with Crippen LogP contribution >= 0.6 is 0 Å². The van der Waals surface area contributed by atoms with Gasteiger partial charge < -0.3 is 6.92 Å². The third-order valence-corrected chi connectivity index (χ3v) is 0.607. The quantitative estimate of drug-likeness (QED) is 0.419. The monoisotopic (exact) mass is 174 g/mol. The average molecular weight is 174 g/mol.